The van der Waals surface area contributed by atoms with Crippen LogP contribution in [0.3, 0.4) is 0 Å². The summed E-state index contributed by atoms with van der Waals surface area (Å²) in [5.41, 5.74) is 0. The summed E-state index contributed by atoms with van der Waals surface area (Å²) in [6, 6.07) is 7.96. The lowest BCUT2D eigenvalue weighted by molar-refractivity contribution is 0.0207. The van der Waals surface area contributed by atoms with Gasteiger partial charge in [-0.3, -0.25) is 0 Å². The van der Waals surface area contributed by atoms with Crippen LogP contribution in [0.1, 0.15) is 6.92 Å². The molecular formula is C12H12BrNO2. The third-order valence-corrected chi connectivity index (χ3v) is 2.67. The van der Waals surface area contributed by atoms with E-state index in [1.165, 1.54) is 0 Å². The number of nitrogens with zero attached hydrogens (tertiary/aromatic N) is 1. The predicted molar refractivity (Wildman–Crippen MR) is 66.6 cm³/mol. The van der Waals surface area contributed by atoms with Crippen LogP contribution in [-0.2, 0) is 4.74 Å². The lowest BCUT2D eigenvalue weighted by atomic mass is 10.2. The van der Waals surface area contributed by atoms with Gasteiger partial charge in [0, 0.05) is 22.7 Å². The molecule has 1 aromatic carbocycles. The molecule has 0 aliphatic carbocycles. The Bertz CT molecular complexity index is 487. The molecule has 2 aromatic rings. The van der Waals surface area contributed by atoms with Gasteiger partial charge in [0.25, 0.3) is 0 Å². The zero-order chi connectivity index (χ0) is 11.4. The third kappa shape index (κ3) is 2.51. The van der Waals surface area contributed by atoms with Crippen LogP contribution >= 0.6 is 15.9 Å². The Hall–Kier alpha value is -1.13. The summed E-state index contributed by atoms with van der Waals surface area (Å²) in [6.07, 6.45) is 1.73. The minimum Gasteiger partial charge on any atom is -0.450 e. The van der Waals surface area contributed by atoms with Crippen molar-refractivity contribution in [2.75, 3.05) is 13.4 Å². The Morgan fingerprint density at radius 3 is 3.00 bits per heavy atom. The number of benzene rings is 1. The quantitative estimate of drug-likeness (QED) is 0.636. The Balaban J connectivity index is 2.32. The molecule has 84 valence electrons. The third-order valence-electron chi connectivity index (χ3n) is 2.17. The first-order chi connectivity index (χ1) is 7.81. The molecule has 0 fully saturated rings. The number of hydrogen-bond acceptors (Lipinski definition) is 3. The maximum atomic E-state index is 5.46. The molecule has 0 bridgehead atoms. The van der Waals surface area contributed by atoms with E-state index in [0.717, 1.165) is 15.2 Å². The van der Waals surface area contributed by atoms with Gasteiger partial charge in [-0.25, -0.2) is 4.98 Å². The monoisotopic (exact) mass is 281 g/mol. The fourth-order valence-corrected chi connectivity index (χ4v) is 1.77. The van der Waals surface area contributed by atoms with E-state index in [1.807, 2.05) is 31.2 Å². The van der Waals surface area contributed by atoms with E-state index >= 15 is 0 Å². The van der Waals surface area contributed by atoms with Crippen molar-refractivity contribution in [3.05, 3.63) is 34.9 Å². The molecular weight excluding hydrogens is 270 g/mol. The van der Waals surface area contributed by atoms with Crippen LogP contribution in [0.25, 0.3) is 10.8 Å². The normalized spacial score (nSPS) is 10.6. The highest BCUT2D eigenvalue weighted by molar-refractivity contribution is 9.10. The molecule has 2 rings (SSSR count). The maximum absolute atomic E-state index is 5.46. The molecule has 1 aromatic heterocycles. The first kappa shape index (κ1) is 11.4. The fraction of sp³-hybridized carbons (Fsp3) is 0.250. The molecule has 0 amide bonds. The van der Waals surface area contributed by atoms with Crippen molar-refractivity contribution in [3.63, 3.8) is 0 Å². The van der Waals surface area contributed by atoms with Crippen LogP contribution in [0.2, 0.25) is 0 Å². The largest absolute Gasteiger partial charge is 0.450 e. The molecule has 0 atom stereocenters. The number of ether oxygens (including phenoxy) is 2. The van der Waals surface area contributed by atoms with E-state index in [4.69, 9.17) is 9.47 Å². The number of halogens is 1. The summed E-state index contributed by atoms with van der Waals surface area (Å²) in [5.74, 6) is 0.604. The van der Waals surface area contributed by atoms with Gasteiger partial charge in [0.1, 0.15) is 0 Å². The first-order valence-corrected chi connectivity index (χ1v) is 5.85. The number of aromatic nitrogens is 1. The summed E-state index contributed by atoms with van der Waals surface area (Å²) in [4.78, 5) is 4.20. The molecule has 0 unspecified atom stereocenters. The van der Waals surface area contributed by atoms with E-state index < -0.39 is 0 Å². The van der Waals surface area contributed by atoms with Crippen LogP contribution in [0, 0.1) is 0 Å². The van der Waals surface area contributed by atoms with Crippen LogP contribution in [0.4, 0.5) is 0 Å². The van der Waals surface area contributed by atoms with E-state index in [-0.39, 0.29) is 6.79 Å². The Morgan fingerprint density at radius 1 is 1.31 bits per heavy atom. The lowest BCUT2D eigenvalue weighted by Gasteiger charge is -2.07. The molecule has 0 saturated heterocycles. The van der Waals surface area contributed by atoms with Crippen molar-refractivity contribution >= 4 is 26.7 Å². The van der Waals surface area contributed by atoms with Crippen LogP contribution < -0.4 is 4.74 Å². The van der Waals surface area contributed by atoms with E-state index in [9.17, 15) is 0 Å². The molecule has 0 saturated carbocycles. The van der Waals surface area contributed by atoms with Crippen molar-refractivity contribution in [1.29, 1.82) is 0 Å². The van der Waals surface area contributed by atoms with Gasteiger partial charge in [-0.2, -0.15) is 0 Å². The summed E-state index contributed by atoms with van der Waals surface area (Å²) in [5, 5.41) is 2.08. The second kappa shape index (κ2) is 5.27. The Kier molecular flexibility index (Phi) is 3.74. The van der Waals surface area contributed by atoms with Crippen molar-refractivity contribution < 1.29 is 9.47 Å². The van der Waals surface area contributed by atoms with Gasteiger partial charge < -0.3 is 9.47 Å². The fourth-order valence-electron chi connectivity index (χ4n) is 1.41. The number of hydrogen-bond donors (Lipinski definition) is 0. The molecule has 16 heavy (non-hydrogen) atoms. The second-order valence-electron chi connectivity index (χ2n) is 3.24. The molecule has 0 radical (unpaired) electrons. The minimum absolute atomic E-state index is 0.231. The number of rotatable bonds is 4. The smallest absolute Gasteiger partial charge is 0.223 e. The highest BCUT2D eigenvalue weighted by Gasteiger charge is 2.03. The van der Waals surface area contributed by atoms with Gasteiger partial charge in [-0.15, -0.1) is 0 Å². The average Bonchev–Trinajstić information content (AvgIpc) is 2.30. The molecule has 4 heteroatoms. The van der Waals surface area contributed by atoms with Crippen LogP contribution in [-0.4, -0.2) is 18.4 Å². The SMILES string of the molecule is CCOCOc1nccc2ccc(Br)cc12. The van der Waals surface area contributed by atoms with E-state index in [2.05, 4.69) is 20.9 Å². The number of fused-ring (bicyclic) bond motifs is 1. The van der Waals surface area contributed by atoms with Gasteiger partial charge in [0.2, 0.25) is 5.88 Å². The average molecular weight is 282 g/mol. The zero-order valence-corrected chi connectivity index (χ0v) is 10.5. The topological polar surface area (TPSA) is 31.4 Å². The Labute approximate surface area is 103 Å². The van der Waals surface area contributed by atoms with Gasteiger partial charge >= 0.3 is 0 Å². The van der Waals surface area contributed by atoms with Crippen molar-refractivity contribution in [2.45, 2.75) is 6.92 Å². The highest BCUT2D eigenvalue weighted by Crippen LogP contribution is 2.26. The summed E-state index contributed by atoms with van der Waals surface area (Å²) in [6.45, 7) is 2.79. The Morgan fingerprint density at radius 2 is 2.19 bits per heavy atom. The standard InChI is InChI=1S/C12H12BrNO2/c1-2-15-8-16-12-11-7-10(13)4-3-9(11)5-6-14-12/h3-7H,2,8H2,1H3. The zero-order valence-electron chi connectivity index (χ0n) is 8.94. The summed E-state index contributed by atoms with van der Waals surface area (Å²) in [7, 11) is 0. The summed E-state index contributed by atoms with van der Waals surface area (Å²) >= 11 is 3.43. The second-order valence-corrected chi connectivity index (χ2v) is 4.15. The lowest BCUT2D eigenvalue weighted by Crippen LogP contribution is -2.03. The molecule has 3 nitrogen and oxygen atoms in total. The molecule has 0 N–H and O–H groups in total. The van der Waals surface area contributed by atoms with Crippen molar-refractivity contribution in [3.8, 4) is 5.88 Å². The van der Waals surface area contributed by atoms with E-state index in [1.54, 1.807) is 6.20 Å². The van der Waals surface area contributed by atoms with Gasteiger partial charge in [0.05, 0.1) is 0 Å². The van der Waals surface area contributed by atoms with Gasteiger partial charge in [0.15, 0.2) is 6.79 Å². The maximum Gasteiger partial charge on any atom is 0.223 e. The molecule has 0 aliphatic heterocycles. The predicted octanol–water partition coefficient (Wildman–Crippen LogP) is 3.37. The first-order valence-electron chi connectivity index (χ1n) is 5.06. The highest BCUT2D eigenvalue weighted by atomic mass is 79.9. The number of pyridine rings is 1. The van der Waals surface area contributed by atoms with Gasteiger partial charge in [-0.05, 0) is 30.5 Å². The molecule has 0 spiro atoms. The van der Waals surface area contributed by atoms with Crippen LogP contribution in [0.5, 0.6) is 5.88 Å². The summed E-state index contributed by atoms with van der Waals surface area (Å²) < 4.78 is 11.6. The van der Waals surface area contributed by atoms with Gasteiger partial charge in [-0.1, -0.05) is 22.0 Å². The minimum atomic E-state index is 0.231. The van der Waals surface area contributed by atoms with E-state index in [0.29, 0.717) is 12.5 Å². The molecule has 1 heterocycles. The van der Waals surface area contributed by atoms with Crippen molar-refractivity contribution in [2.24, 2.45) is 0 Å². The molecule has 0 aliphatic rings. The van der Waals surface area contributed by atoms with Crippen LogP contribution in [0.15, 0.2) is 34.9 Å². The van der Waals surface area contributed by atoms with Crippen molar-refractivity contribution in [1.82, 2.24) is 4.98 Å².